The molecule has 4 fully saturated rings. The van der Waals surface area contributed by atoms with Crippen LogP contribution in [0.3, 0.4) is 0 Å². The van der Waals surface area contributed by atoms with Crippen LogP contribution in [0.5, 0.6) is 0 Å². The summed E-state index contributed by atoms with van der Waals surface area (Å²) >= 11 is 0. The minimum atomic E-state index is 0.000942. The number of Topliss-reactive ketones (excluding diaryl/α,β-unsaturated/α-hetero) is 2. The second kappa shape index (κ2) is 5.17. The summed E-state index contributed by atoms with van der Waals surface area (Å²) in [6.07, 6.45) is 10.4. The van der Waals surface area contributed by atoms with Crippen molar-refractivity contribution in [3.63, 3.8) is 0 Å². The van der Waals surface area contributed by atoms with Gasteiger partial charge >= 0.3 is 0 Å². The lowest BCUT2D eigenvalue weighted by Crippen LogP contribution is -2.53. The number of carbonyl (C=O) groups is 2. The summed E-state index contributed by atoms with van der Waals surface area (Å²) in [5.41, 5.74) is 0.433. The largest absolute Gasteiger partial charge is 0.300 e. The first-order valence-electron chi connectivity index (χ1n) is 9.90. The van der Waals surface area contributed by atoms with E-state index in [9.17, 15) is 9.59 Å². The standard InChI is InChI=1S/C21H32O2/c1-13(22)14-8-10-20(2)15(12-14)4-5-16-17-6-7-19(23)21(17,3)11-9-18(16)20/h14-18H,4-12H2,1-3H3/t14-,15+,16-,17-,18-,20+,21+/m1/s1. The maximum Gasteiger partial charge on any atom is 0.139 e. The smallest absolute Gasteiger partial charge is 0.139 e. The molecule has 0 bridgehead atoms. The fourth-order valence-corrected chi connectivity index (χ4v) is 7.40. The molecule has 0 N–H and O–H groups in total. The number of carbonyl (C=O) groups excluding carboxylic acids is 2. The number of hydrogen-bond donors (Lipinski definition) is 0. The number of rotatable bonds is 1. The van der Waals surface area contributed by atoms with Crippen LogP contribution >= 0.6 is 0 Å². The zero-order chi connectivity index (χ0) is 16.4. The van der Waals surface area contributed by atoms with Gasteiger partial charge in [0.05, 0.1) is 0 Å². The third-order valence-electron chi connectivity index (χ3n) is 8.95. The summed E-state index contributed by atoms with van der Waals surface area (Å²) in [4.78, 5) is 24.3. The van der Waals surface area contributed by atoms with Crippen molar-refractivity contribution in [1.29, 1.82) is 0 Å². The van der Waals surface area contributed by atoms with Crippen LogP contribution in [0.4, 0.5) is 0 Å². The van der Waals surface area contributed by atoms with Crippen LogP contribution < -0.4 is 0 Å². The normalized spacial score (nSPS) is 52.5. The Labute approximate surface area is 140 Å². The highest BCUT2D eigenvalue weighted by Crippen LogP contribution is 2.65. The molecule has 0 heterocycles. The summed E-state index contributed by atoms with van der Waals surface area (Å²) in [6, 6.07) is 0. The van der Waals surface area contributed by atoms with E-state index in [1.165, 1.54) is 25.7 Å². The lowest BCUT2D eigenvalue weighted by Gasteiger charge is -2.60. The van der Waals surface area contributed by atoms with Crippen molar-refractivity contribution in [2.45, 2.75) is 78.6 Å². The lowest BCUT2D eigenvalue weighted by atomic mass is 9.44. The second-order valence-electron chi connectivity index (χ2n) is 9.66. The first-order chi connectivity index (χ1) is 10.9. The van der Waals surface area contributed by atoms with Gasteiger partial charge in [-0.3, -0.25) is 9.59 Å². The molecule has 4 saturated carbocycles. The molecular formula is C21H32O2. The Morgan fingerprint density at radius 1 is 1.00 bits per heavy atom. The van der Waals surface area contributed by atoms with Crippen LogP contribution in [0, 0.1) is 40.4 Å². The molecule has 4 aliphatic carbocycles. The predicted octanol–water partition coefficient (Wildman–Crippen LogP) is 4.80. The molecule has 0 aromatic heterocycles. The molecule has 0 spiro atoms. The molecule has 4 rings (SSSR count). The third-order valence-corrected chi connectivity index (χ3v) is 8.95. The van der Waals surface area contributed by atoms with Gasteiger partial charge in [-0.25, -0.2) is 0 Å². The maximum atomic E-state index is 12.4. The van der Waals surface area contributed by atoms with Crippen LogP contribution in [0.15, 0.2) is 0 Å². The molecule has 7 atom stereocenters. The van der Waals surface area contributed by atoms with Gasteiger partial charge in [0, 0.05) is 17.8 Å². The highest BCUT2D eigenvalue weighted by atomic mass is 16.1. The van der Waals surface area contributed by atoms with E-state index < -0.39 is 0 Å². The van der Waals surface area contributed by atoms with E-state index in [2.05, 4.69) is 13.8 Å². The summed E-state index contributed by atoms with van der Waals surface area (Å²) in [7, 11) is 0. The number of hydrogen-bond acceptors (Lipinski definition) is 2. The van der Waals surface area contributed by atoms with E-state index in [0.29, 0.717) is 28.8 Å². The van der Waals surface area contributed by atoms with E-state index >= 15 is 0 Å². The average Bonchev–Trinajstić information content (AvgIpc) is 2.82. The number of ketones is 2. The molecule has 0 unspecified atom stereocenters. The SMILES string of the molecule is CC(=O)[C@@H]1CC[C@@]2(C)[C@@H](CC[C@H]3[C@H]2CC[C@]2(C)C(=O)CC[C@H]32)C1. The molecule has 128 valence electrons. The van der Waals surface area contributed by atoms with Gasteiger partial charge in [-0.1, -0.05) is 13.8 Å². The molecule has 2 nitrogen and oxygen atoms in total. The van der Waals surface area contributed by atoms with Gasteiger partial charge < -0.3 is 0 Å². The molecule has 0 saturated heterocycles. The van der Waals surface area contributed by atoms with Crippen molar-refractivity contribution in [2.75, 3.05) is 0 Å². The predicted molar refractivity (Wildman–Crippen MR) is 90.9 cm³/mol. The first kappa shape index (κ1) is 15.8. The van der Waals surface area contributed by atoms with E-state index in [1.807, 2.05) is 0 Å². The fraction of sp³-hybridized carbons (Fsp3) is 0.905. The van der Waals surface area contributed by atoms with Gasteiger partial charge in [0.2, 0.25) is 0 Å². The van der Waals surface area contributed by atoms with E-state index in [4.69, 9.17) is 0 Å². The minimum Gasteiger partial charge on any atom is -0.300 e. The van der Waals surface area contributed by atoms with Crippen LogP contribution in [0.25, 0.3) is 0 Å². The Hall–Kier alpha value is -0.660. The average molecular weight is 316 g/mol. The lowest BCUT2D eigenvalue weighted by molar-refractivity contribution is -0.143. The molecule has 0 amide bonds. The van der Waals surface area contributed by atoms with Crippen molar-refractivity contribution in [1.82, 2.24) is 0 Å². The summed E-state index contributed by atoms with van der Waals surface area (Å²) in [5.74, 6) is 4.25. The first-order valence-corrected chi connectivity index (χ1v) is 9.90. The van der Waals surface area contributed by atoms with Crippen LogP contribution in [0.2, 0.25) is 0 Å². The molecule has 4 aliphatic rings. The van der Waals surface area contributed by atoms with Crippen LogP contribution in [0.1, 0.15) is 78.6 Å². The summed E-state index contributed by atoms with van der Waals surface area (Å²) in [5, 5.41) is 0. The molecule has 2 heteroatoms. The van der Waals surface area contributed by atoms with Crippen LogP contribution in [-0.2, 0) is 9.59 Å². The maximum absolute atomic E-state index is 12.4. The minimum absolute atomic E-state index is 0.000942. The van der Waals surface area contributed by atoms with Crippen molar-refractivity contribution >= 4 is 11.6 Å². The van der Waals surface area contributed by atoms with Gasteiger partial charge in [0.15, 0.2) is 0 Å². The molecule has 0 radical (unpaired) electrons. The van der Waals surface area contributed by atoms with Crippen LogP contribution in [-0.4, -0.2) is 11.6 Å². The van der Waals surface area contributed by atoms with Gasteiger partial charge in [-0.15, -0.1) is 0 Å². The van der Waals surface area contributed by atoms with E-state index in [1.54, 1.807) is 6.92 Å². The fourth-order valence-electron chi connectivity index (χ4n) is 7.40. The summed E-state index contributed by atoms with van der Waals surface area (Å²) in [6.45, 7) is 6.59. The monoisotopic (exact) mass is 316 g/mol. The van der Waals surface area contributed by atoms with Crippen molar-refractivity contribution in [3.8, 4) is 0 Å². The Balaban J connectivity index is 1.59. The zero-order valence-electron chi connectivity index (χ0n) is 15.1. The third kappa shape index (κ3) is 2.12. The quantitative estimate of drug-likeness (QED) is 0.696. The van der Waals surface area contributed by atoms with Gasteiger partial charge in [-0.05, 0) is 87.4 Å². The Morgan fingerprint density at radius 2 is 1.78 bits per heavy atom. The Kier molecular flexibility index (Phi) is 3.56. The molecule has 23 heavy (non-hydrogen) atoms. The molecule has 0 aliphatic heterocycles. The van der Waals surface area contributed by atoms with E-state index in [-0.39, 0.29) is 5.41 Å². The highest BCUT2D eigenvalue weighted by molar-refractivity contribution is 5.87. The second-order valence-corrected chi connectivity index (χ2v) is 9.66. The van der Waals surface area contributed by atoms with Crippen molar-refractivity contribution in [2.24, 2.45) is 40.4 Å². The molecule has 0 aromatic carbocycles. The topological polar surface area (TPSA) is 34.1 Å². The zero-order valence-corrected chi connectivity index (χ0v) is 15.1. The van der Waals surface area contributed by atoms with E-state index in [0.717, 1.165) is 49.9 Å². The van der Waals surface area contributed by atoms with Crippen molar-refractivity contribution < 1.29 is 9.59 Å². The van der Waals surface area contributed by atoms with Gasteiger partial charge in [0.1, 0.15) is 11.6 Å². The van der Waals surface area contributed by atoms with Gasteiger partial charge in [-0.2, -0.15) is 0 Å². The van der Waals surface area contributed by atoms with Crippen molar-refractivity contribution in [3.05, 3.63) is 0 Å². The Bertz CT molecular complexity index is 538. The Morgan fingerprint density at radius 3 is 2.52 bits per heavy atom. The summed E-state index contributed by atoms with van der Waals surface area (Å²) < 4.78 is 0. The van der Waals surface area contributed by atoms with Gasteiger partial charge in [0.25, 0.3) is 0 Å². The molecule has 0 aromatic rings. The highest BCUT2D eigenvalue weighted by Gasteiger charge is 2.60. The number of fused-ring (bicyclic) bond motifs is 5. The molecular weight excluding hydrogens is 284 g/mol.